The summed E-state index contributed by atoms with van der Waals surface area (Å²) >= 11 is 0. The van der Waals surface area contributed by atoms with Gasteiger partial charge in [0.15, 0.2) is 4.90 Å². The van der Waals surface area contributed by atoms with Crippen LogP contribution in [0.3, 0.4) is 0 Å². The molecule has 2 heterocycles. The summed E-state index contributed by atoms with van der Waals surface area (Å²) in [4.78, 5) is 16.7. The third kappa shape index (κ3) is 6.05. The van der Waals surface area contributed by atoms with Crippen LogP contribution in [0.25, 0.3) is 0 Å². The lowest BCUT2D eigenvalue weighted by Crippen LogP contribution is -2.33. The fourth-order valence-electron chi connectivity index (χ4n) is 6.22. The van der Waals surface area contributed by atoms with Crippen LogP contribution in [0.5, 0.6) is 5.75 Å². The number of hydrogen-bond donors (Lipinski definition) is 1. The number of amides is 1. The first-order valence-corrected chi connectivity index (χ1v) is 16.1. The number of ether oxygens (including phenoxy) is 1. The number of likely N-dealkylation sites (tertiary alicyclic amines) is 1. The first kappa shape index (κ1) is 29.8. The highest BCUT2D eigenvalue weighted by Gasteiger charge is 2.29. The Bertz CT molecular complexity index is 1790. The second-order valence-corrected chi connectivity index (χ2v) is 12.8. The molecule has 0 radical (unpaired) electrons. The first-order valence-electron chi connectivity index (χ1n) is 14.6. The molecule has 10 heteroatoms. The monoisotopic (exact) mass is 617 g/mol. The lowest BCUT2D eigenvalue weighted by atomic mass is 9.88. The maximum absolute atomic E-state index is 14.2. The van der Waals surface area contributed by atoms with Crippen LogP contribution >= 0.6 is 0 Å². The Hall–Kier alpha value is -4.28. The number of halogens is 2. The second-order valence-electron chi connectivity index (χ2n) is 11.2. The van der Waals surface area contributed by atoms with Gasteiger partial charge in [0.25, 0.3) is 15.9 Å². The summed E-state index contributed by atoms with van der Waals surface area (Å²) in [6.07, 6.45) is 2.66. The summed E-state index contributed by atoms with van der Waals surface area (Å²) in [6, 6.07) is 23.5. The van der Waals surface area contributed by atoms with Gasteiger partial charge < -0.3 is 9.64 Å². The molecule has 0 bridgehead atoms. The number of piperidine rings is 1. The van der Waals surface area contributed by atoms with Gasteiger partial charge in [-0.25, -0.2) is 17.2 Å². The summed E-state index contributed by atoms with van der Waals surface area (Å²) in [5, 5.41) is 0. The molecule has 228 valence electrons. The molecular weight excluding hydrogens is 584 g/mol. The lowest BCUT2D eigenvalue weighted by Gasteiger charge is -2.32. The molecule has 0 spiro atoms. The van der Waals surface area contributed by atoms with Gasteiger partial charge in [-0.2, -0.15) is 0 Å². The summed E-state index contributed by atoms with van der Waals surface area (Å²) < 4.78 is 61.9. The normalized spacial score (nSPS) is 15.7. The predicted molar refractivity (Wildman–Crippen MR) is 166 cm³/mol. The van der Waals surface area contributed by atoms with E-state index in [1.807, 2.05) is 30.3 Å². The quantitative estimate of drug-likeness (QED) is 0.249. The van der Waals surface area contributed by atoms with Gasteiger partial charge in [0.05, 0.1) is 12.8 Å². The van der Waals surface area contributed by atoms with E-state index in [9.17, 15) is 22.0 Å². The Balaban J connectivity index is 1.14. The van der Waals surface area contributed by atoms with Crippen LogP contribution in [0.4, 0.5) is 20.2 Å². The number of hydrogen-bond acceptors (Lipinski definition) is 5. The number of fused-ring (bicyclic) bond motifs is 1. The number of methoxy groups -OCH3 is 1. The molecule has 4 aromatic carbocycles. The molecule has 0 atom stereocenters. The van der Waals surface area contributed by atoms with Crippen molar-refractivity contribution in [2.24, 2.45) is 0 Å². The van der Waals surface area contributed by atoms with Gasteiger partial charge in [-0.3, -0.25) is 14.4 Å². The van der Waals surface area contributed by atoms with Crippen LogP contribution in [0.2, 0.25) is 0 Å². The Kier molecular flexibility index (Phi) is 8.38. The number of carbonyl (C=O) groups excluding carboxylic acids is 1. The Morgan fingerprint density at radius 1 is 0.909 bits per heavy atom. The third-order valence-electron chi connectivity index (χ3n) is 8.41. The molecule has 4 aromatic rings. The van der Waals surface area contributed by atoms with Crippen LogP contribution in [0.1, 0.15) is 45.8 Å². The fourth-order valence-corrected chi connectivity index (χ4v) is 7.41. The van der Waals surface area contributed by atoms with Crippen LogP contribution < -0.4 is 14.4 Å². The highest BCUT2D eigenvalue weighted by molar-refractivity contribution is 7.92. The molecule has 7 nitrogen and oxygen atoms in total. The maximum atomic E-state index is 14.2. The second kappa shape index (κ2) is 12.4. The number of benzene rings is 4. The van der Waals surface area contributed by atoms with Gasteiger partial charge in [-0.05, 0) is 97.4 Å². The molecule has 2 aliphatic heterocycles. The standard InChI is InChI=1S/C34H33F2N3O4S/c1-43-32-11-3-2-8-28(32)24-14-17-38(18-15-24)22-23-6-4-7-26(20-23)34(40)39-19-16-25-12-13-27(21-31(25)39)37-44(41,42)33-29(35)9-5-10-30(33)36/h2-13,20-21,24,37H,14-19,22H2,1H3. The van der Waals surface area contributed by atoms with E-state index in [2.05, 4.69) is 21.8 Å². The molecule has 0 aromatic heterocycles. The van der Waals surface area contributed by atoms with E-state index in [1.165, 1.54) is 17.7 Å². The molecule has 1 fully saturated rings. The lowest BCUT2D eigenvalue weighted by molar-refractivity contribution is 0.0989. The highest BCUT2D eigenvalue weighted by Crippen LogP contribution is 2.35. The van der Waals surface area contributed by atoms with Crippen LogP contribution in [-0.4, -0.2) is 46.0 Å². The van der Waals surface area contributed by atoms with E-state index in [-0.39, 0.29) is 11.6 Å². The summed E-state index contributed by atoms with van der Waals surface area (Å²) in [5.41, 5.74) is 4.39. The van der Waals surface area contributed by atoms with Crippen molar-refractivity contribution in [3.05, 3.63) is 119 Å². The summed E-state index contributed by atoms with van der Waals surface area (Å²) in [7, 11) is -2.83. The zero-order chi connectivity index (χ0) is 30.8. The number of para-hydroxylation sites is 1. The summed E-state index contributed by atoms with van der Waals surface area (Å²) in [6.45, 7) is 3.05. The van der Waals surface area contributed by atoms with Crippen molar-refractivity contribution in [1.29, 1.82) is 0 Å². The van der Waals surface area contributed by atoms with Gasteiger partial charge >= 0.3 is 0 Å². The van der Waals surface area contributed by atoms with Crippen LogP contribution in [0, 0.1) is 11.6 Å². The smallest absolute Gasteiger partial charge is 0.267 e. The molecule has 0 aliphatic carbocycles. The first-order chi connectivity index (χ1) is 21.2. The summed E-state index contributed by atoms with van der Waals surface area (Å²) in [5.74, 6) is -1.18. The molecule has 0 saturated carbocycles. The minimum atomic E-state index is -4.54. The Morgan fingerprint density at radius 2 is 1.64 bits per heavy atom. The Labute approximate surface area is 256 Å². The van der Waals surface area contributed by atoms with Gasteiger partial charge in [-0.1, -0.05) is 42.5 Å². The molecule has 0 unspecified atom stereocenters. The van der Waals surface area contributed by atoms with E-state index >= 15 is 0 Å². The maximum Gasteiger partial charge on any atom is 0.267 e. The molecule has 1 amide bonds. The minimum Gasteiger partial charge on any atom is -0.496 e. The largest absolute Gasteiger partial charge is 0.496 e. The molecule has 2 aliphatic rings. The zero-order valence-electron chi connectivity index (χ0n) is 24.3. The van der Waals surface area contributed by atoms with E-state index in [0.29, 0.717) is 30.1 Å². The number of carbonyl (C=O) groups is 1. The van der Waals surface area contributed by atoms with Crippen molar-refractivity contribution in [2.45, 2.75) is 36.6 Å². The fraction of sp³-hybridized carbons (Fsp3) is 0.265. The average molecular weight is 618 g/mol. The Morgan fingerprint density at radius 3 is 2.39 bits per heavy atom. The minimum absolute atomic E-state index is 0.108. The van der Waals surface area contributed by atoms with Gasteiger partial charge in [-0.15, -0.1) is 0 Å². The molecule has 44 heavy (non-hydrogen) atoms. The van der Waals surface area contributed by atoms with E-state index in [1.54, 1.807) is 24.1 Å². The van der Waals surface area contributed by atoms with E-state index in [0.717, 1.165) is 67.6 Å². The molecular formula is C34H33F2N3O4S. The highest BCUT2D eigenvalue weighted by atomic mass is 32.2. The average Bonchev–Trinajstić information content (AvgIpc) is 3.44. The van der Waals surface area contributed by atoms with Crippen molar-refractivity contribution in [3.8, 4) is 5.75 Å². The number of sulfonamides is 1. The van der Waals surface area contributed by atoms with Crippen molar-refractivity contribution in [3.63, 3.8) is 0 Å². The van der Waals surface area contributed by atoms with Gasteiger partial charge in [0, 0.05) is 24.3 Å². The zero-order valence-corrected chi connectivity index (χ0v) is 25.1. The van der Waals surface area contributed by atoms with E-state index < -0.39 is 26.6 Å². The van der Waals surface area contributed by atoms with Crippen molar-refractivity contribution >= 4 is 27.3 Å². The number of anilines is 2. The van der Waals surface area contributed by atoms with Crippen LogP contribution in [0.15, 0.2) is 89.8 Å². The third-order valence-corrected chi connectivity index (χ3v) is 9.84. The van der Waals surface area contributed by atoms with Crippen molar-refractivity contribution in [1.82, 2.24) is 4.90 Å². The number of nitrogens with zero attached hydrogens (tertiary/aromatic N) is 2. The van der Waals surface area contributed by atoms with Gasteiger partial charge in [0.1, 0.15) is 17.4 Å². The molecule has 1 saturated heterocycles. The molecule has 1 N–H and O–H groups in total. The van der Waals surface area contributed by atoms with E-state index in [4.69, 9.17) is 4.74 Å². The SMILES string of the molecule is COc1ccccc1C1CCN(Cc2cccc(C(=O)N3CCc4ccc(NS(=O)(=O)c5c(F)cccc5F)cc43)c2)CC1. The number of rotatable bonds is 8. The van der Waals surface area contributed by atoms with Crippen molar-refractivity contribution < 1.29 is 26.7 Å². The predicted octanol–water partition coefficient (Wildman–Crippen LogP) is 6.36. The molecule has 6 rings (SSSR count). The van der Waals surface area contributed by atoms with Crippen LogP contribution in [-0.2, 0) is 23.0 Å². The van der Waals surface area contributed by atoms with Gasteiger partial charge in [0.2, 0.25) is 0 Å². The topological polar surface area (TPSA) is 79.0 Å². The van der Waals surface area contributed by atoms with Crippen molar-refractivity contribution in [2.75, 3.05) is 36.4 Å². The number of nitrogens with one attached hydrogen (secondary N) is 1.